The summed E-state index contributed by atoms with van der Waals surface area (Å²) in [4.78, 5) is 29.9. The third kappa shape index (κ3) is 5.90. The lowest BCUT2D eigenvalue weighted by Gasteiger charge is -2.22. The highest BCUT2D eigenvalue weighted by Gasteiger charge is 2.11. The number of aromatic nitrogens is 2. The lowest BCUT2D eigenvalue weighted by Crippen LogP contribution is -2.37. The number of hydrogen-bond acceptors (Lipinski definition) is 5. The van der Waals surface area contributed by atoms with Crippen molar-refractivity contribution in [2.75, 3.05) is 26.2 Å². The second-order valence-electron chi connectivity index (χ2n) is 7.17. The lowest BCUT2D eigenvalue weighted by molar-refractivity contribution is -0.122. The van der Waals surface area contributed by atoms with Gasteiger partial charge in [-0.3, -0.25) is 19.5 Å². The van der Waals surface area contributed by atoms with E-state index in [0.717, 1.165) is 35.2 Å². The van der Waals surface area contributed by atoms with Crippen LogP contribution in [0.5, 0.6) is 5.75 Å². The van der Waals surface area contributed by atoms with E-state index in [0.29, 0.717) is 26.2 Å². The highest BCUT2D eigenvalue weighted by molar-refractivity contribution is 5.80. The van der Waals surface area contributed by atoms with E-state index in [1.165, 1.54) is 0 Å². The molecule has 3 rings (SSSR count). The van der Waals surface area contributed by atoms with E-state index < -0.39 is 0 Å². The Kier molecular flexibility index (Phi) is 7.57. The second kappa shape index (κ2) is 10.5. The number of benzene rings is 1. The molecule has 0 aliphatic carbocycles. The van der Waals surface area contributed by atoms with Crippen LogP contribution in [0.4, 0.5) is 0 Å². The van der Waals surface area contributed by atoms with Gasteiger partial charge in [0.15, 0.2) is 0 Å². The van der Waals surface area contributed by atoms with Crippen LogP contribution < -0.4 is 15.6 Å². The normalized spacial score (nSPS) is 11.0. The smallest absolute Gasteiger partial charge is 0.250 e. The fourth-order valence-electron chi connectivity index (χ4n) is 3.35. The van der Waals surface area contributed by atoms with E-state index in [4.69, 9.17) is 4.74 Å². The van der Waals surface area contributed by atoms with Crippen LogP contribution in [0.3, 0.4) is 0 Å². The highest BCUT2D eigenvalue weighted by Crippen LogP contribution is 2.19. The fourth-order valence-corrected chi connectivity index (χ4v) is 3.35. The van der Waals surface area contributed by atoms with Gasteiger partial charge >= 0.3 is 0 Å². The zero-order valence-electron chi connectivity index (χ0n) is 17.5. The Labute approximate surface area is 176 Å². The number of nitrogens with one attached hydrogen (secondary N) is 1. The van der Waals surface area contributed by atoms with E-state index >= 15 is 0 Å². The number of rotatable bonds is 10. The summed E-state index contributed by atoms with van der Waals surface area (Å²) >= 11 is 0. The van der Waals surface area contributed by atoms with Crippen molar-refractivity contribution in [3.63, 3.8) is 0 Å². The van der Waals surface area contributed by atoms with Crippen LogP contribution in [0.15, 0.2) is 59.7 Å². The Balaban J connectivity index is 1.56. The zero-order valence-corrected chi connectivity index (χ0v) is 17.5. The Bertz CT molecular complexity index is 1030. The van der Waals surface area contributed by atoms with Gasteiger partial charge in [-0.05, 0) is 55.3 Å². The van der Waals surface area contributed by atoms with E-state index in [9.17, 15) is 9.59 Å². The highest BCUT2D eigenvalue weighted by atomic mass is 16.5. The molecule has 0 bridgehead atoms. The minimum absolute atomic E-state index is 0.0209. The maximum atomic E-state index is 12.1. The summed E-state index contributed by atoms with van der Waals surface area (Å²) in [6.07, 6.45) is 4.31. The summed E-state index contributed by atoms with van der Waals surface area (Å²) in [7, 11) is 1.76. The van der Waals surface area contributed by atoms with Crippen molar-refractivity contribution in [1.29, 1.82) is 0 Å². The van der Waals surface area contributed by atoms with Crippen molar-refractivity contribution >= 4 is 16.8 Å². The molecule has 30 heavy (non-hydrogen) atoms. The molecule has 1 amide bonds. The summed E-state index contributed by atoms with van der Waals surface area (Å²) in [6, 6.07) is 13.0. The van der Waals surface area contributed by atoms with Crippen LogP contribution in [0.1, 0.15) is 18.9 Å². The van der Waals surface area contributed by atoms with Gasteiger partial charge in [0.2, 0.25) is 5.91 Å². The predicted octanol–water partition coefficient (Wildman–Crippen LogP) is 2.34. The topological polar surface area (TPSA) is 76.5 Å². The molecule has 0 radical (unpaired) electrons. The van der Waals surface area contributed by atoms with Crippen LogP contribution in [0.2, 0.25) is 0 Å². The number of nitrogens with zero attached hydrogens (tertiary/aromatic N) is 3. The molecule has 0 fully saturated rings. The van der Waals surface area contributed by atoms with Crippen LogP contribution >= 0.6 is 0 Å². The molecule has 7 nitrogen and oxygen atoms in total. The molecular formula is C23H28N4O3. The Morgan fingerprint density at radius 2 is 1.97 bits per heavy atom. The molecule has 1 aromatic carbocycles. The number of hydrogen-bond donors (Lipinski definition) is 1. The largest absolute Gasteiger partial charge is 0.494 e. The van der Waals surface area contributed by atoms with E-state index in [1.54, 1.807) is 30.1 Å². The minimum atomic E-state index is -0.0300. The Hall–Kier alpha value is -3.19. The van der Waals surface area contributed by atoms with E-state index in [-0.39, 0.29) is 11.5 Å². The first-order valence-corrected chi connectivity index (χ1v) is 10.2. The van der Waals surface area contributed by atoms with Gasteiger partial charge in [-0.1, -0.05) is 0 Å². The molecule has 7 heteroatoms. The van der Waals surface area contributed by atoms with Gasteiger partial charge in [-0.25, -0.2) is 0 Å². The summed E-state index contributed by atoms with van der Waals surface area (Å²) < 4.78 is 7.54. The molecule has 2 heterocycles. The number of amides is 1. The molecule has 0 unspecified atom stereocenters. The summed E-state index contributed by atoms with van der Waals surface area (Å²) in [5.74, 6) is 0.790. The van der Waals surface area contributed by atoms with Crippen molar-refractivity contribution in [1.82, 2.24) is 19.8 Å². The summed E-state index contributed by atoms with van der Waals surface area (Å²) in [5, 5.41) is 3.82. The molecule has 0 atom stereocenters. The molecule has 0 spiro atoms. The van der Waals surface area contributed by atoms with Gasteiger partial charge in [0.1, 0.15) is 5.75 Å². The number of carbonyl (C=O) groups excluding carboxylic acids is 1. The average Bonchev–Trinajstić information content (AvgIpc) is 2.74. The molecule has 0 saturated carbocycles. The lowest BCUT2D eigenvalue weighted by atomic mass is 10.2. The standard InChI is InChI=1S/C23H28N4O3/c1-3-25-22(28)17-27(16-18-9-11-24-12-10-18)13-4-14-30-20-6-7-21-19(15-20)5-8-23(29)26(21)2/h5-12,15H,3-4,13-14,16-17H2,1-2H3,(H,25,28). The molecule has 0 aliphatic heterocycles. The van der Waals surface area contributed by atoms with Crippen molar-refractivity contribution in [3.05, 3.63) is 70.8 Å². The quantitative estimate of drug-likeness (QED) is 0.521. The predicted molar refractivity (Wildman–Crippen MR) is 117 cm³/mol. The van der Waals surface area contributed by atoms with E-state index in [1.807, 2.05) is 43.3 Å². The first kappa shape index (κ1) is 21.5. The van der Waals surface area contributed by atoms with Crippen LogP contribution in [0.25, 0.3) is 10.9 Å². The maximum absolute atomic E-state index is 12.1. The van der Waals surface area contributed by atoms with Crippen molar-refractivity contribution in [2.24, 2.45) is 7.05 Å². The molecular weight excluding hydrogens is 380 g/mol. The molecule has 2 aromatic heterocycles. The molecule has 0 aliphatic rings. The monoisotopic (exact) mass is 408 g/mol. The first-order chi connectivity index (χ1) is 14.6. The number of likely N-dealkylation sites (N-methyl/N-ethyl adjacent to an activating group) is 1. The van der Waals surface area contributed by atoms with Crippen LogP contribution in [0, 0.1) is 0 Å². The van der Waals surface area contributed by atoms with E-state index in [2.05, 4.69) is 15.2 Å². The fraction of sp³-hybridized carbons (Fsp3) is 0.348. The van der Waals surface area contributed by atoms with Gasteiger partial charge in [0.25, 0.3) is 5.56 Å². The van der Waals surface area contributed by atoms with Crippen molar-refractivity contribution in [2.45, 2.75) is 19.9 Å². The summed E-state index contributed by atoms with van der Waals surface area (Å²) in [6.45, 7) is 4.85. The number of pyridine rings is 2. The van der Waals surface area contributed by atoms with Crippen LogP contribution in [-0.4, -0.2) is 46.6 Å². The van der Waals surface area contributed by atoms with Gasteiger partial charge in [-0.2, -0.15) is 0 Å². The Morgan fingerprint density at radius 1 is 1.17 bits per heavy atom. The van der Waals surface area contributed by atoms with Crippen molar-refractivity contribution < 1.29 is 9.53 Å². The number of carbonyl (C=O) groups is 1. The second-order valence-corrected chi connectivity index (χ2v) is 7.17. The molecule has 0 saturated heterocycles. The third-order valence-electron chi connectivity index (χ3n) is 4.88. The zero-order chi connectivity index (χ0) is 21.3. The van der Waals surface area contributed by atoms with Gasteiger partial charge in [0.05, 0.1) is 18.7 Å². The molecule has 1 N–H and O–H groups in total. The summed E-state index contributed by atoms with van der Waals surface area (Å²) in [5.41, 5.74) is 1.97. The number of ether oxygens (including phenoxy) is 1. The van der Waals surface area contributed by atoms with Crippen LogP contribution in [-0.2, 0) is 18.4 Å². The number of fused-ring (bicyclic) bond motifs is 1. The first-order valence-electron chi connectivity index (χ1n) is 10.2. The molecule has 3 aromatic rings. The van der Waals surface area contributed by atoms with Gasteiger partial charge < -0.3 is 14.6 Å². The minimum Gasteiger partial charge on any atom is -0.494 e. The Morgan fingerprint density at radius 3 is 2.73 bits per heavy atom. The number of aryl methyl sites for hydroxylation is 1. The molecule has 158 valence electrons. The SMILES string of the molecule is CCNC(=O)CN(CCCOc1ccc2c(ccc(=O)n2C)c1)Cc1ccncc1. The third-order valence-corrected chi connectivity index (χ3v) is 4.88. The maximum Gasteiger partial charge on any atom is 0.250 e. The van der Waals surface area contributed by atoms with Gasteiger partial charge in [0, 0.05) is 50.5 Å². The van der Waals surface area contributed by atoms with Gasteiger partial charge in [-0.15, -0.1) is 0 Å². The van der Waals surface area contributed by atoms with Crippen molar-refractivity contribution in [3.8, 4) is 5.75 Å². The average molecular weight is 409 g/mol.